The predicted molar refractivity (Wildman–Crippen MR) is 156 cm³/mol. The smallest absolute Gasteiger partial charge is 0.301 e. The summed E-state index contributed by atoms with van der Waals surface area (Å²) in [5, 5.41) is 4.44. The summed E-state index contributed by atoms with van der Waals surface area (Å²) in [5.74, 6) is -0.847. The number of nitrogens with zero attached hydrogens (tertiary/aromatic N) is 6. The Bertz CT molecular complexity index is 1740. The first-order valence-electron chi connectivity index (χ1n) is 13.6. The molecule has 0 unspecified atom stereocenters. The van der Waals surface area contributed by atoms with Crippen LogP contribution in [0.3, 0.4) is 0 Å². The zero-order chi connectivity index (χ0) is 30.1. The molecule has 5 heterocycles. The van der Waals surface area contributed by atoms with Crippen LogP contribution < -0.4 is 4.74 Å². The normalized spacial score (nSPS) is 15.7. The summed E-state index contributed by atoms with van der Waals surface area (Å²) >= 11 is 1.01. The van der Waals surface area contributed by atoms with Crippen molar-refractivity contribution in [1.29, 1.82) is 0 Å². The van der Waals surface area contributed by atoms with Gasteiger partial charge in [-0.25, -0.2) is 9.67 Å². The van der Waals surface area contributed by atoms with Crippen LogP contribution in [0.4, 0.5) is 0 Å². The van der Waals surface area contributed by atoms with Crippen molar-refractivity contribution in [3.63, 3.8) is 0 Å². The number of carbonyl (C=O) groups is 5. The molecule has 0 aliphatic carbocycles. The number of fused-ring (bicyclic) bond motifs is 1. The van der Waals surface area contributed by atoms with E-state index in [1.807, 2.05) is 6.07 Å². The first-order valence-corrected chi connectivity index (χ1v) is 14.6. The number of piperazine rings is 1. The van der Waals surface area contributed by atoms with Gasteiger partial charge in [-0.2, -0.15) is 5.10 Å². The molecular weight excluding hydrogens is 574 g/mol. The van der Waals surface area contributed by atoms with Gasteiger partial charge in [0, 0.05) is 56.4 Å². The van der Waals surface area contributed by atoms with E-state index in [2.05, 4.69) is 15.1 Å². The number of thioether (sulfide) groups is 1. The fraction of sp³-hybridized carbons (Fsp3) is 0.276. The predicted octanol–water partition coefficient (Wildman–Crippen LogP) is 1.53. The number of hydrogen-bond donors (Lipinski definition) is 1. The quantitative estimate of drug-likeness (QED) is 0.246. The highest BCUT2D eigenvalue weighted by Crippen LogP contribution is 2.32. The van der Waals surface area contributed by atoms with Crippen LogP contribution >= 0.6 is 11.8 Å². The standard InChI is InChI=1S/C29H27N7O6S/c1-42-21-16-31-25(36-8-7-19(32-36)17-35-13-14-43-29(41)28(35)40)23-22(21)20(15-30-23)24(37)27(39)34-11-9-33(10-12-34)26(38)18-5-3-2-4-6-18/h2-8,15-16,30H,9-14,17H2,1H3. The van der Waals surface area contributed by atoms with E-state index >= 15 is 0 Å². The van der Waals surface area contributed by atoms with Crippen LogP contribution in [0.15, 0.2) is 55.0 Å². The minimum absolute atomic E-state index is 0.114. The summed E-state index contributed by atoms with van der Waals surface area (Å²) in [7, 11) is 1.45. The first-order chi connectivity index (χ1) is 20.9. The van der Waals surface area contributed by atoms with E-state index in [1.54, 1.807) is 41.4 Å². The molecule has 2 aliphatic heterocycles. The Morgan fingerprint density at radius 2 is 1.74 bits per heavy atom. The van der Waals surface area contributed by atoms with Gasteiger partial charge < -0.3 is 24.4 Å². The highest BCUT2D eigenvalue weighted by Gasteiger charge is 2.32. The van der Waals surface area contributed by atoms with Crippen LogP contribution in [0, 0.1) is 0 Å². The van der Waals surface area contributed by atoms with E-state index in [9.17, 15) is 24.0 Å². The maximum Gasteiger partial charge on any atom is 0.301 e. The van der Waals surface area contributed by atoms with Gasteiger partial charge >= 0.3 is 5.91 Å². The molecule has 0 spiro atoms. The lowest BCUT2D eigenvalue weighted by Crippen LogP contribution is -2.52. The molecule has 3 amide bonds. The number of methoxy groups -OCH3 is 1. The fourth-order valence-electron chi connectivity index (χ4n) is 5.20. The SMILES string of the molecule is COc1cnc(-n2ccc(CN3CCSC(=O)C3=O)n2)c2[nH]cc(C(=O)C(=O)N3CCN(C(=O)c4ccccc4)CC3)c12. The molecule has 220 valence electrons. The van der Waals surface area contributed by atoms with Gasteiger partial charge in [-0.15, -0.1) is 0 Å². The number of aromatic nitrogens is 4. The number of nitrogens with one attached hydrogen (secondary N) is 1. The summed E-state index contributed by atoms with van der Waals surface area (Å²) < 4.78 is 6.99. The molecule has 3 aromatic heterocycles. The molecule has 0 radical (unpaired) electrons. The lowest BCUT2D eigenvalue weighted by Gasteiger charge is -2.34. The van der Waals surface area contributed by atoms with E-state index < -0.39 is 22.7 Å². The monoisotopic (exact) mass is 601 g/mol. The van der Waals surface area contributed by atoms with Gasteiger partial charge in [-0.3, -0.25) is 24.0 Å². The van der Waals surface area contributed by atoms with Crippen molar-refractivity contribution < 1.29 is 28.7 Å². The zero-order valence-electron chi connectivity index (χ0n) is 23.2. The van der Waals surface area contributed by atoms with E-state index in [-0.39, 0.29) is 31.1 Å². The van der Waals surface area contributed by atoms with Crippen LogP contribution in [0.1, 0.15) is 26.4 Å². The average molecular weight is 602 g/mol. The second-order valence-corrected chi connectivity index (χ2v) is 11.1. The van der Waals surface area contributed by atoms with Gasteiger partial charge in [0.2, 0.25) is 0 Å². The molecule has 14 heteroatoms. The number of benzene rings is 1. The summed E-state index contributed by atoms with van der Waals surface area (Å²) in [5.41, 5.74) is 1.70. The van der Waals surface area contributed by atoms with Crippen molar-refractivity contribution in [3.05, 3.63) is 71.8 Å². The van der Waals surface area contributed by atoms with Crippen LogP contribution in [-0.4, -0.2) is 109 Å². The maximum atomic E-state index is 13.5. The van der Waals surface area contributed by atoms with E-state index in [0.717, 1.165) is 11.8 Å². The van der Waals surface area contributed by atoms with Crippen molar-refractivity contribution in [2.75, 3.05) is 45.6 Å². The van der Waals surface area contributed by atoms with Crippen molar-refractivity contribution >= 4 is 51.3 Å². The van der Waals surface area contributed by atoms with Crippen molar-refractivity contribution in [2.24, 2.45) is 0 Å². The fourth-order valence-corrected chi connectivity index (χ4v) is 5.95. The molecule has 13 nitrogen and oxygen atoms in total. The molecule has 4 aromatic rings. The molecule has 0 bridgehead atoms. The number of aromatic amines is 1. The van der Waals surface area contributed by atoms with Crippen molar-refractivity contribution in [1.82, 2.24) is 34.4 Å². The third-order valence-electron chi connectivity index (χ3n) is 7.46. The third kappa shape index (κ3) is 5.36. The molecule has 1 aromatic carbocycles. The number of amides is 3. The van der Waals surface area contributed by atoms with Crippen LogP contribution in [0.5, 0.6) is 5.75 Å². The second kappa shape index (κ2) is 11.7. The lowest BCUT2D eigenvalue weighted by atomic mass is 10.1. The number of ketones is 1. The zero-order valence-corrected chi connectivity index (χ0v) is 24.0. The maximum absolute atomic E-state index is 13.5. The lowest BCUT2D eigenvalue weighted by molar-refractivity contribution is -0.141. The Morgan fingerprint density at radius 1 is 1.00 bits per heavy atom. The second-order valence-electron chi connectivity index (χ2n) is 10.00. The van der Waals surface area contributed by atoms with Crippen molar-refractivity contribution in [3.8, 4) is 11.6 Å². The highest BCUT2D eigenvalue weighted by atomic mass is 32.2. The Balaban J connectivity index is 1.20. The minimum atomic E-state index is -0.711. The molecule has 0 saturated carbocycles. The largest absolute Gasteiger partial charge is 0.494 e. The highest BCUT2D eigenvalue weighted by molar-refractivity contribution is 8.15. The van der Waals surface area contributed by atoms with E-state index in [1.165, 1.54) is 34.0 Å². The molecule has 2 aliphatic rings. The Hall–Kier alpha value is -4.98. The average Bonchev–Trinajstić information content (AvgIpc) is 3.70. The van der Waals surface area contributed by atoms with Gasteiger partial charge in [-0.05, 0) is 18.2 Å². The Kier molecular flexibility index (Phi) is 7.67. The summed E-state index contributed by atoms with van der Waals surface area (Å²) in [6.45, 7) is 1.71. The Labute approximate surface area is 249 Å². The molecule has 2 fully saturated rings. The van der Waals surface area contributed by atoms with Crippen LogP contribution in [-0.2, 0) is 20.9 Å². The topological polar surface area (TPSA) is 151 Å². The van der Waals surface area contributed by atoms with E-state index in [0.29, 0.717) is 59.1 Å². The summed E-state index contributed by atoms with van der Waals surface area (Å²) in [6, 6.07) is 10.7. The number of rotatable bonds is 7. The number of pyridine rings is 1. The van der Waals surface area contributed by atoms with Gasteiger partial charge in [-0.1, -0.05) is 30.0 Å². The number of H-pyrrole nitrogens is 1. The van der Waals surface area contributed by atoms with Crippen LogP contribution in [0.2, 0.25) is 0 Å². The number of hydrogen-bond acceptors (Lipinski definition) is 9. The van der Waals surface area contributed by atoms with E-state index in [4.69, 9.17) is 4.74 Å². The first kappa shape index (κ1) is 28.2. The van der Waals surface area contributed by atoms with Gasteiger partial charge in [0.25, 0.3) is 22.7 Å². The van der Waals surface area contributed by atoms with Crippen LogP contribution in [0.25, 0.3) is 16.7 Å². The van der Waals surface area contributed by atoms with Crippen molar-refractivity contribution in [2.45, 2.75) is 6.54 Å². The molecule has 6 rings (SSSR count). The van der Waals surface area contributed by atoms with Gasteiger partial charge in [0.15, 0.2) is 5.82 Å². The molecule has 43 heavy (non-hydrogen) atoms. The molecule has 2 saturated heterocycles. The molecule has 1 N–H and O–H groups in total. The number of carbonyl (C=O) groups excluding carboxylic acids is 5. The summed E-state index contributed by atoms with van der Waals surface area (Å²) in [6.07, 6.45) is 4.57. The number of Topliss-reactive ketones (excluding diaryl/α,β-unsaturated/α-hetero) is 1. The van der Waals surface area contributed by atoms with Gasteiger partial charge in [0.1, 0.15) is 5.75 Å². The molecule has 0 atom stereocenters. The Morgan fingerprint density at radius 3 is 2.49 bits per heavy atom. The molecular formula is C29H27N7O6S. The summed E-state index contributed by atoms with van der Waals surface area (Å²) in [4.78, 5) is 75.7. The van der Waals surface area contributed by atoms with Gasteiger partial charge in [0.05, 0.1) is 42.0 Å². The minimum Gasteiger partial charge on any atom is -0.494 e. The third-order valence-corrected chi connectivity index (χ3v) is 8.28. The number of ether oxygens (including phenoxy) is 1.